The summed E-state index contributed by atoms with van der Waals surface area (Å²) in [5.41, 5.74) is 0.598. The zero-order valence-corrected chi connectivity index (χ0v) is 18.2. The van der Waals surface area contributed by atoms with Gasteiger partial charge < -0.3 is 19.5 Å². The number of benzene rings is 1. The summed E-state index contributed by atoms with van der Waals surface area (Å²) in [6, 6.07) is 8.79. The predicted octanol–water partition coefficient (Wildman–Crippen LogP) is 1.28. The van der Waals surface area contributed by atoms with Gasteiger partial charge in [-0.25, -0.2) is 9.78 Å². The van der Waals surface area contributed by atoms with Gasteiger partial charge in [-0.15, -0.1) is 0 Å². The molecule has 166 valence electrons. The molecule has 1 N–H and O–H groups in total. The normalized spacial score (nSPS) is 21.0. The molecule has 2 saturated heterocycles. The van der Waals surface area contributed by atoms with Gasteiger partial charge in [-0.2, -0.15) is 5.26 Å². The fourth-order valence-electron chi connectivity index (χ4n) is 4.25. The summed E-state index contributed by atoms with van der Waals surface area (Å²) < 4.78 is 5.53. The van der Waals surface area contributed by atoms with Gasteiger partial charge in [0.15, 0.2) is 5.89 Å². The summed E-state index contributed by atoms with van der Waals surface area (Å²) in [5.74, 6) is 0.0570. The fourth-order valence-corrected chi connectivity index (χ4v) is 4.25. The number of nitrogens with zero attached hydrogens (tertiary/aromatic N) is 5. The van der Waals surface area contributed by atoms with Crippen LogP contribution in [-0.4, -0.2) is 65.4 Å². The number of nitriles is 1. The van der Waals surface area contributed by atoms with Crippen LogP contribution in [0.1, 0.15) is 29.6 Å². The highest BCUT2D eigenvalue weighted by Gasteiger charge is 2.50. The topological polar surface area (TPSA) is 123 Å². The van der Waals surface area contributed by atoms with Gasteiger partial charge in [0, 0.05) is 33.1 Å². The molecule has 2 aliphatic rings. The molecule has 4 amide bonds. The van der Waals surface area contributed by atoms with E-state index < -0.39 is 17.5 Å². The Morgan fingerprint density at radius 3 is 2.56 bits per heavy atom. The summed E-state index contributed by atoms with van der Waals surface area (Å²) in [7, 11) is 0. The van der Waals surface area contributed by atoms with Crippen molar-refractivity contribution in [2.45, 2.75) is 26.3 Å². The Labute approximate surface area is 185 Å². The molecular weight excluding hydrogens is 412 g/mol. The van der Waals surface area contributed by atoms with Crippen molar-refractivity contribution in [3.63, 3.8) is 0 Å². The molecule has 0 saturated carbocycles. The Morgan fingerprint density at radius 2 is 1.91 bits per heavy atom. The summed E-state index contributed by atoms with van der Waals surface area (Å²) in [5, 5.41) is 12.0. The van der Waals surface area contributed by atoms with Crippen LogP contribution in [0.15, 0.2) is 28.7 Å². The molecule has 2 aliphatic heterocycles. The van der Waals surface area contributed by atoms with Gasteiger partial charge in [0.25, 0.3) is 5.91 Å². The molecule has 0 aliphatic carbocycles. The molecule has 10 heteroatoms. The molecule has 32 heavy (non-hydrogen) atoms. The van der Waals surface area contributed by atoms with E-state index in [0.717, 1.165) is 10.5 Å². The largest absolute Gasteiger partial charge is 0.424 e. The minimum absolute atomic E-state index is 0.220. The van der Waals surface area contributed by atoms with Crippen LogP contribution < -0.4 is 10.2 Å². The van der Waals surface area contributed by atoms with Crippen molar-refractivity contribution < 1.29 is 18.8 Å². The second kappa shape index (κ2) is 8.00. The van der Waals surface area contributed by atoms with Gasteiger partial charge >= 0.3 is 6.03 Å². The number of carbonyl (C=O) groups is 3. The summed E-state index contributed by atoms with van der Waals surface area (Å²) >= 11 is 0. The van der Waals surface area contributed by atoms with Crippen molar-refractivity contribution >= 4 is 23.7 Å². The van der Waals surface area contributed by atoms with Gasteiger partial charge in [0.2, 0.25) is 17.5 Å². The third-order valence-electron chi connectivity index (χ3n) is 5.99. The van der Waals surface area contributed by atoms with Crippen LogP contribution in [0.2, 0.25) is 0 Å². The SMILES string of the molecule is Cc1nc(C#N)c(N2CCN(C(=O)CN3C(=O)NC(C)(c4ccccc4C)C3=O)CC2)o1. The van der Waals surface area contributed by atoms with Crippen LogP contribution in [0.5, 0.6) is 0 Å². The van der Waals surface area contributed by atoms with E-state index in [-0.39, 0.29) is 18.1 Å². The van der Waals surface area contributed by atoms with E-state index in [4.69, 9.17) is 4.42 Å². The quantitative estimate of drug-likeness (QED) is 0.716. The number of hydrogen-bond donors (Lipinski definition) is 1. The highest BCUT2D eigenvalue weighted by Crippen LogP contribution is 2.31. The van der Waals surface area contributed by atoms with Crippen LogP contribution in [0.4, 0.5) is 10.7 Å². The number of rotatable bonds is 4. The number of piperazine rings is 1. The van der Waals surface area contributed by atoms with Gasteiger partial charge in [-0.1, -0.05) is 24.3 Å². The molecule has 0 radical (unpaired) electrons. The number of aromatic nitrogens is 1. The summed E-state index contributed by atoms with van der Waals surface area (Å²) in [6.07, 6.45) is 0. The zero-order valence-electron chi connectivity index (χ0n) is 18.2. The number of hydrogen-bond acceptors (Lipinski definition) is 7. The second-order valence-electron chi connectivity index (χ2n) is 8.13. The lowest BCUT2D eigenvalue weighted by molar-refractivity contribution is -0.139. The lowest BCUT2D eigenvalue weighted by Crippen LogP contribution is -2.52. The molecule has 1 unspecified atom stereocenters. The lowest BCUT2D eigenvalue weighted by Gasteiger charge is -2.35. The predicted molar refractivity (Wildman–Crippen MR) is 114 cm³/mol. The first-order valence-electron chi connectivity index (χ1n) is 10.3. The number of amides is 4. The zero-order chi connectivity index (χ0) is 23.0. The first-order valence-corrected chi connectivity index (χ1v) is 10.3. The van der Waals surface area contributed by atoms with E-state index in [1.807, 2.05) is 36.1 Å². The number of oxazole rings is 1. The molecule has 1 atom stereocenters. The Balaban J connectivity index is 1.41. The smallest absolute Gasteiger partial charge is 0.325 e. The molecule has 0 spiro atoms. The molecule has 10 nitrogen and oxygen atoms in total. The lowest BCUT2D eigenvalue weighted by atomic mass is 9.88. The average Bonchev–Trinajstić information content (AvgIpc) is 3.26. The monoisotopic (exact) mass is 436 g/mol. The van der Waals surface area contributed by atoms with Crippen LogP contribution in [-0.2, 0) is 15.1 Å². The Kier molecular flexibility index (Phi) is 5.34. The van der Waals surface area contributed by atoms with Gasteiger partial charge in [0.1, 0.15) is 18.2 Å². The van der Waals surface area contributed by atoms with Crippen molar-refractivity contribution in [3.05, 3.63) is 47.0 Å². The van der Waals surface area contributed by atoms with E-state index in [1.54, 1.807) is 24.8 Å². The van der Waals surface area contributed by atoms with E-state index >= 15 is 0 Å². The van der Waals surface area contributed by atoms with Crippen molar-refractivity contribution in [2.75, 3.05) is 37.6 Å². The standard InChI is InChI=1S/C22H24N6O4/c1-14-6-4-5-7-16(14)22(3)20(30)28(21(31)25-22)13-18(29)26-8-10-27(11-9-26)19-17(12-23)24-15(2)32-19/h4-7H,8-11,13H2,1-3H3,(H,25,31). The maximum absolute atomic E-state index is 13.1. The Hall–Kier alpha value is -3.87. The average molecular weight is 436 g/mol. The van der Waals surface area contributed by atoms with Crippen LogP contribution in [0.3, 0.4) is 0 Å². The van der Waals surface area contributed by atoms with Crippen molar-refractivity contribution in [1.82, 2.24) is 20.1 Å². The molecular formula is C22H24N6O4. The number of imide groups is 1. The van der Waals surface area contributed by atoms with Crippen molar-refractivity contribution in [2.24, 2.45) is 0 Å². The molecule has 2 aromatic rings. The van der Waals surface area contributed by atoms with E-state index in [9.17, 15) is 19.6 Å². The van der Waals surface area contributed by atoms with Gasteiger partial charge in [-0.3, -0.25) is 14.5 Å². The van der Waals surface area contributed by atoms with Crippen LogP contribution in [0, 0.1) is 25.2 Å². The number of anilines is 1. The van der Waals surface area contributed by atoms with Crippen LogP contribution in [0.25, 0.3) is 0 Å². The second-order valence-corrected chi connectivity index (χ2v) is 8.13. The Bertz CT molecular complexity index is 1130. The van der Waals surface area contributed by atoms with Gasteiger partial charge in [-0.05, 0) is 25.0 Å². The molecule has 0 bridgehead atoms. The molecule has 1 aromatic heterocycles. The molecule has 2 fully saturated rings. The Morgan fingerprint density at radius 1 is 1.22 bits per heavy atom. The first kappa shape index (κ1) is 21.4. The maximum atomic E-state index is 13.1. The number of nitrogens with one attached hydrogen (secondary N) is 1. The summed E-state index contributed by atoms with van der Waals surface area (Å²) in [4.78, 5) is 47.1. The summed E-state index contributed by atoms with van der Waals surface area (Å²) in [6.45, 7) is 6.55. The maximum Gasteiger partial charge on any atom is 0.325 e. The molecule has 3 heterocycles. The number of aryl methyl sites for hydroxylation is 2. The van der Waals surface area contributed by atoms with Gasteiger partial charge in [0.05, 0.1) is 0 Å². The van der Waals surface area contributed by atoms with E-state index in [2.05, 4.69) is 10.3 Å². The fraction of sp³-hybridized carbons (Fsp3) is 0.409. The highest BCUT2D eigenvalue weighted by molar-refractivity contribution is 6.09. The van der Waals surface area contributed by atoms with Crippen molar-refractivity contribution in [3.8, 4) is 6.07 Å². The minimum atomic E-state index is -1.21. The molecule has 4 rings (SSSR count). The van der Waals surface area contributed by atoms with E-state index in [1.165, 1.54) is 0 Å². The minimum Gasteiger partial charge on any atom is -0.424 e. The number of carbonyl (C=O) groups excluding carboxylic acids is 3. The van der Waals surface area contributed by atoms with E-state index in [0.29, 0.717) is 43.5 Å². The third kappa shape index (κ3) is 3.56. The van der Waals surface area contributed by atoms with Crippen molar-refractivity contribution in [1.29, 1.82) is 5.26 Å². The molecule has 1 aromatic carbocycles. The first-order chi connectivity index (χ1) is 15.2. The third-order valence-corrected chi connectivity index (χ3v) is 5.99. The highest BCUT2D eigenvalue weighted by atomic mass is 16.4. The number of urea groups is 1. The van der Waals surface area contributed by atoms with Crippen LogP contribution >= 0.6 is 0 Å².